The van der Waals surface area contributed by atoms with Crippen molar-refractivity contribution in [1.82, 2.24) is 0 Å². The van der Waals surface area contributed by atoms with Crippen LogP contribution < -0.4 is 0 Å². The summed E-state index contributed by atoms with van der Waals surface area (Å²) < 4.78 is 1.76. The molecule has 2 nitrogen and oxygen atoms in total. The molecule has 0 radical (unpaired) electrons. The number of ketones is 2. The molecule has 2 rings (SSSR count). The molecule has 4 heteroatoms. The lowest BCUT2D eigenvalue weighted by Gasteiger charge is -2.15. The van der Waals surface area contributed by atoms with Crippen LogP contribution in [0.3, 0.4) is 0 Å². The molecule has 0 aliphatic rings. The van der Waals surface area contributed by atoms with Crippen molar-refractivity contribution in [3.8, 4) is 0 Å². The van der Waals surface area contributed by atoms with Crippen LogP contribution in [0.15, 0.2) is 21.1 Å². The Labute approximate surface area is 159 Å². The fraction of sp³-hybridized carbons (Fsp3) is 0.300. The largest absolute Gasteiger partial charge is 0.285 e. The van der Waals surface area contributed by atoms with E-state index in [-0.39, 0.29) is 0 Å². The minimum absolute atomic E-state index is 0.451. The minimum Gasteiger partial charge on any atom is -0.285 e. The maximum Gasteiger partial charge on any atom is 0.234 e. The summed E-state index contributed by atoms with van der Waals surface area (Å²) in [4.78, 5) is 25.9. The summed E-state index contributed by atoms with van der Waals surface area (Å²) in [5.41, 5.74) is 6.38. The van der Waals surface area contributed by atoms with Gasteiger partial charge in [-0.05, 0) is 74.9 Å². The fourth-order valence-electron chi connectivity index (χ4n) is 3.25. The van der Waals surface area contributed by atoms with Gasteiger partial charge in [0.25, 0.3) is 0 Å². The van der Waals surface area contributed by atoms with Gasteiger partial charge in [-0.15, -0.1) is 0 Å². The van der Waals surface area contributed by atoms with Gasteiger partial charge >= 0.3 is 0 Å². The summed E-state index contributed by atoms with van der Waals surface area (Å²) in [6.07, 6.45) is 0. The van der Waals surface area contributed by atoms with Crippen LogP contribution in [0.5, 0.6) is 0 Å². The van der Waals surface area contributed by atoms with Gasteiger partial charge in [-0.25, -0.2) is 0 Å². The van der Waals surface area contributed by atoms with Gasteiger partial charge in [-0.2, -0.15) is 0 Å². The first kappa shape index (κ1) is 19.1. The number of carbonyl (C=O) groups is 2. The number of benzene rings is 2. The molecule has 2 aromatic rings. The highest BCUT2D eigenvalue weighted by Gasteiger charge is 2.27. The monoisotopic (exact) mass is 450 g/mol. The van der Waals surface area contributed by atoms with E-state index in [1.807, 2.05) is 53.7 Å². The summed E-state index contributed by atoms with van der Waals surface area (Å²) in [6, 6.07) is 3.87. The number of halogens is 2. The van der Waals surface area contributed by atoms with Gasteiger partial charge in [0, 0.05) is 20.1 Å². The first-order valence-corrected chi connectivity index (χ1v) is 9.28. The third kappa shape index (κ3) is 3.14. The zero-order valence-corrected chi connectivity index (χ0v) is 17.9. The SMILES string of the molecule is Cc1cc(C)c(C(=O)C(=O)c2c(C)cc(C)c(Br)c2C)c(C)c1Br. The van der Waals surface area contributed by atoms with Crippen molar-refractivity contribution in [3.05, 3.63) is 65.6 Å². The molecule has 0 heterocycles. The standard InChI is InChI=1S/C20H20Br2O2/c1-9-7-11(3)17(21)13(5)15(9)19(23)20(24)16-10(2)8-12(4)18(22)14(16)6/h7-8H,1-6H3. The maximum atomic E-state index is 13.0. The molecule has 0 unspecified atom stereocenters. The molecule has 2 aromatic carbocycles. The molecule has 0 spiro atoms. The normalized spacial score (nSPS) is 10.8. The maximum absolute atomic E-state index is 13.0. The Kier molecular flexibility index (Phi) is 5.50. The van der Waals surface area contributed by atoms with Gasteiger partial charge in [0.2, 0.25) is 11.6 Å². The van der Waals surface area contributed by atoms with Crippen LogP contribution in [-0.2, 0) is 0 Å². The van der Waals surface area contributed by atoms with Crippen LogP contribution in [0.2, 0.25) is 0 Å². The van der Waals surface area contributed by atoms with Crippen molar-refractivity contribution in [1.29, 1.82) is 0 Å². The van der Waals surface area contributed by atoms with E-state index in [1.165, 1.54) is 0 Å². The second-order valence-corrected chi connectivity index (χ2v) is 7.89. The molecule has 0 amide bonds. The topological polar surface area (TPSA) is 34.1 Å². The fourth-order valence-corrected chi connectivity index (χ4v) is 3.87. The average molecular weight is 452 g/mol. The Balaban J connectivity index is 2.64. The van der Waals surface area contributed by atoms with E-state index in [1.54, 1.807) is 0 Å². The van der Waals surface area contributed by atoms with Crippen LogP contribution >= 0.6 is 31.9 Å². The summed E-state index contributed by atoms with van der Waals surface area (Å²) in [7, 11) is 0. The molecule has 0 saturated carbocycles. The molecule has 0 bridgehead atoms. The van der Waals surface area contributed by atoms with E-state index >= 15 is 0 Å². The Bertz CT molecular complexity index is 807. The van der Waals surface area contributed by atoms with E-state index < -0.39 is 11.6 Å². The molecular formula is C20H20Br2O2. The number of rotatable bonds is 3. The van der Waals surface area contributed by atoms with Crippen molar-refractivity contribution in [2.45, 2.75) is 41.5 Å². The van der Waals surface area contributed by atoms with Gasteiger partial charge in [-0.1, -0.05) is 44.0 Å². The first-order valence-electron chi connectivity index (χ1n) is 7.69. The van der Waals surface area contributed by atoms with Gasteiger partial charge < -0.3 is 0 Å². The highest BCUT2D eigenvalue weighted by Crippen LogP contribution is 2.31. The molecule has 24 heavy (non-hydrogen) atoms. The molecule has 126 valence electrons. The molecule has 0 atom stereocenters. The van der Waals surface area contributed by atoms with Crippen molar-refractivity contribution < 1.29 is 9.59 Å². The lowest BCUT2D eigenvalue weighted by Crippen LogP contribution is -2.20. The summed E-state index contributed by atoms with van der Waals surface area (Å²) in [5.74, 6) is -0.902. The van der Waals surface area contributed by atoms with Crippen LogP contribution in [0, 0.1) is 41.5 Å². The van der Waals surface area contributed by atoms with E-state index in [2.05, 4.69) is 31.9 Å². The Morgan fingerprint density at radius 1 is 0.625 bits per heavy atom. The zero-order valence-electron chi connectivity index (χ0n) is 14.7. The van der Waals surface area contributed by atoms with Crippen molar-refractivity contribution in [2.24, 2.45) is 0 Å². The quantitative estimate of drug-likeness (QED) is 0.415. The number of hydrogen-bond donors (Lipinski definition) is 0. The van der Waals surface area contributed by atoms with Crippen molar-refractivity contribution in [3.63, 3.8) is 0 Å². The van der Waals surface area contributed by atoms with Crippen LogP contribution in [0.25, 0.3) is 0 Å². The van der Waals surface area contributed by atoms with Crippen molar-refractivity contribution in [2.75, 3.05) is 0 Å². The number of carbonyl (C=O) groups excluding carboxylic acids is 2. The molecule has 0 saturated heterocycles. The zero-order chi connectivity index (χ0) is 18.3. The predicted octanol–water partition coefficient (Wildman–Crippen LogP) is 6.13. The molecule has 0 fully saturated rings. The Morgan fingerprint density at radius 2 is 0.917 bits per heavy atom. The second-order valence-electron chi connectivity index (χ2n) is 6.31. The summed E-state index contributed by atoms with van der Waals surface area (Å²) in [6.45, 7) is 11.4. The number of aryl methyl sites for hydroxylation is 4. The Hall–Kier alpha value is -1.26. The minimum atomic E-state index is -0.451. The van der Waals surface area contributed by atoms with E-state index in [9.17, 15) is 9.59 Å². The highest BCUT2D eigenvalue weighted by atomic mass is 79.9. The van der Waals surface area contributed by atoms with Gasteiger partial charge in [0.1, 0.15) is 0 Å². The van der Waals surface area contributed by atoms with Crippen LogP contribution in [-0.4, -0.2) is 11.6 Å². The van der Waals surface area contributed by atoms with E-state index in [0.717, 1.165) is 42.3 Å². The highest BCUT2D eigenvalue weighted by molar-refractivity contribution is 9.10. The first-order chi connectivity index (χ1) is 11.1. The number of Topliss-reactive ketones (excluding diaryl/α,β-unsaturated/α-hetero) is 2. The van der Waals surface area contributed by atoms with E-state index in [0.29, 0.717) is 11.1 Å². The lowest BCUT2D eigenvalue weighted by atomic mass is 9.89. The average Bonchev–Trinajstić information content (AvgIpc) is 2.50. The molecular weight excluding hydrogens is 432 g/mol. The predicted molar refractivity (Wildman–Crippen MR) is 105 cm³/mol. The molecule has 0 aliphatic heterocycles. The smallest absolute Gasteiger partial charge is 0.234 e. The van der Waals surface area contributed by atoms with Gasteiger partial charge in [0.05, 0.1) is 0 Å². The van der Waals surface area contributed by atoms with Crippen LogP contribution in [0.1, 0.15) is 54.1 Å². The Morgan fingerprint density at radius 3 is 1.21 bits per heavy atom. The number of hydrogen-bond acceptors (Lipinski definition) is 2. The molecule has 0 aromatic heterocycles. The van der Waals surface area contributed by atoms with Gasteiger partial charge in [-0.3, -0.25) is 9.59 Å². The van der Waals surface area contributed by atoms with E-state index in [4.69, 9.17) is 0 Å². The lowest BCUT2D eigenvalue weighted by molar-refractivity contribution is 0.0815. The summed E-state index contributed by atoms with van der Waals surface area (Å²) in [5, 5.41) is 0. The van der Waals surface area contributed by atoms with Gasteiger partial charge in [0.15, 0.2) is 0 Å². The molecule has 0 aliphatic carbocycles. The summed E-state index contributed by atoms with van der Waals surface area (Å²) >= 11 is 7.03. The second kappa shape index (κ2) is 6.93. The third-order valence-electron chi connectivity index (χ3n) is 4.42. The molecule has 0 N–H and O–H groups in total. The van der Waals surface area contributed by atoms with Crippen molar-refractivity contribution >= 4 is 43.4 Å². The van der Waals surface area contributed by atoms with Crippen LogP contribution in [0.4, 0.5) is 0 Å². The third-order valence-corrected chi connectivity index (χ3v) is 6.86.